The average Bonchev–Trinajstić information content (AvgIpc) is 2.65. The first-order chi connectivity index (χ1) is 8.13. The molecule has 1 atom stereocenters. The Bertz CT molecular complexity index is 382. The molecule has 0 aromatic carbocycles. The van der Waals surface area contributed by atoms with Gasteiger partial charge in [0.05, 0.1) is 6.04 Å². The number of hydrogen-bond donors (Lipinski definition) is 1. The second-order valence-corrected chi connectivity index (χ2v) is 7.74. The van der Waals surface area contributed by atoms with Crippen molar-refractivity contribution in [3.63, 3.8) is 0 Å². The molecule has 2 nitrogen and oxygen atoms in total. The third kappa shape index (κ3) is 4.78. The Morgan fingerprint density at radius 2 is 2.00 bits per heavy atom. The Morgan fingerprint density at radius 3 is 2.39 bits per heavy atom. The minimum Gasteiger partial charge on any atom is -0.312 e. The number of nitrogens with zero attached hydrogens (tertiary/aromatic N) is 1. The molecule has 0 amide bonds. The second kappa shape index (κ2) is 5.79. The van der Waals surface area contributed by atoms with Crippen molar-refractivity contribution in [2.75, 3.05) is 12.8 Å². The summed E-state index contributed by atoms with van der Waals surface area (Å²) in [6, 6.07) is -0.0946. The minimum atomic E-state index is -4.35. The third-order valence-electron chi connectivity index (χ3n) is 2.14. The first-order valence-electron chi connectivity index (χ1n) is 5.47. The maximum Gasteiger partial charge on any atom is 0.443 e. The lowest BCUT2D eigenvalue weighted by molar-refractivity contribution is -0.137. The third-order valence-corrected chi connectivity index (χ3v) is 4.66. The van der Waals surface area contributed by atoms with Gasteiger partial charge in [0.1, 0.15) is 0 Å². The summed E-state index contributed by atoms with van der Waals surface area (Å²) >= 11 is 2.42. The quantitative estimate of drug-likeness (QED) is 0.911. The van der Waals surface area contributed by atoms with E-state index in [0.29, 0.717) is 16.2 Å². The monoisotopic (exact) mass is 298 g/mol. The Hall–Kier alpha value is -0.270. The SMILES string of the molecule is CNC(CSC(C)(C)C)c1cnc(C(F)(F)F)s1. The molecule has 0 aliphatic carbocycles. The highest BCUT2D eigenvalue weighted by molar-refractivity contribution is 8.00. The van der Waals surface area contributed by atoms with Crippen molar-refractivity contribution in [3.05, 3.63) is 16.1 Å². The number of hydrogen-bond acceptors (Lipinski definition) is 4. The molecule has 0 radical (unpaired) electrons. The molecule has 1 heterocycles. The molecule has 1 aromatic rings. The lowest BCUT2D eigenvalue weighted by Crippen LogP contribution is -2.21. The number of alkyl halides is 3. The van der Waals surface area contributed by atoms with E-state index in [9.17, 15) is 13.2 Å². The van der Waals surface area contributed by atoms with E-state index in [1.807, 2.05) is 0 Å². The van der Waals surface area contributed by atoms with Crippen LogP contribution in [0.15, 0.2) is 6.20 Å². The van der Waals surface area contributed by atoms with Crippen LogP contribution in [0.25, 0.3) is 0 Å². The van der Waals surface area contributed by atoms with Crippen LogP contribution in [0.3, 0.4) is 0 Å². The normalized spacial score (nSPS) is 14.8. The van der Waals surface area contributed by atoms with E-state index in [-0.39, 0.29) is 10.8 Å². The topological polar surface area (TPSA) is 24.9 Å². The molecule has 0 spiro atoms. The fraction of sp³-hybridized carbons (Fsp3) is 0.727. The molecule has 0 aliphatic heterocycles. The van der Waals surface area contributed by atoms with Crippen LogP contribution in [-0.2, 0) is 6.18 Å². The van der Waals surface area contributed by atoms with Crippen LogP contribution in [0, 0.1) is 0 Å². The van der Waals surface area contributed by atoms with Gasteiger partial charge in [0.15, 0.2) is 5.01 Å². The Balaban J connectivity index is 2.74. The van der Waals surface area contributed by atoms with Gasteiger partial charge in [-0.3, -0.25) is 0 Å². The van der Waals surface area contributed by atoms with Crippen molar-refractivity contribution >= 4 is 23.1 Å². The highest BCUT2D eigenvalue weighted by Crippen LogP contribution is 2.36. The van der Waals surface area contributed by atoms with Crippen LogP contribution in [0.2, 0.25) is 0 Å². The highest BCUT2D eigenvalue weighted by Gasteiger charge is 2.35. The molecule has 7 heteroatoms. The molecule has 1 N–H and O–H groups in total. The predicted octanol–water partition coefficient (Wildman–Crippen LogP) is 3.95. The van der Waals surface area contributed by atoms with Crippen molar-refractivity contribution in [2.24, 2.45) is 0 Å². The fourth-order valence-corrected chi connectivity index (χ4v) is 3.23. The van der Waals surface area contributed by atoms with Crippen LogP contribution < -0.4 is 5.32 Å². The lowest BCUT2D eigenvalue weighted by atomic mass is 10.3. The first kappa shape index (κ1) is 15.8. The number of thiazole rings is 1. The van der Waals surface area contributed by atoms with Crippen molar-refractivity contribution in [1.29, 1.82) is 0 Å². The second-order valence-electron chi connectivity index (χ2n) is 4.83. The average molecular weight is 298 g/mol. The zero-order valence-corrected chi connectivity index (χ0v) is 12.4. The van der Waals surface area contributed by atoms with Gasteiger partial charge in [-0.05, 0) is 7.05 Å². The molecular weight excluding hydrogens is 281 g/mol. The maximum absolute atomic E-state index is 12.5. The van der Waals surface area contributed by atoms with E-state index in [2.05, 4.69) is 31.1 Å². The number of rotatable bonds is 4. The lowest BCUT2D eigenvalue weighted by Gasteiger charge is -2.21. The Labute approximate surface area is 113 Å². The zero-order chi connectivity index (χ0) is 14.0. The molecular formula is C11H17F3N2S2. The number of nitrogens with one attached hydrogen (secondary N) is 1. The van der Waals surface area contributed by atoms with Gasteiger partial charge in [-0.2, -0.15) is 24.9 Å². The molecule has 0 saturated heterocycles. The molecule has 18 heavy (non-hydrogen) atoms. The van der Waals surface area contributed by atoms with Gasteiger partial charge in [0, 0.05) is 21.6 Å². The van der Waals surface area contributed by atoms with E-state index < -0.39 is 11.2 Å². The van der Waals surface area contributed by atoms with Gasteiger partial charge in [-0.1, -0.05) is 20.8 Å². The van der Waals surface area contributed by atoms with Crippen LogP contribution in [0.4, 0.5) is 13.2 Å². The predicted molar refractivity (Wildman–Crippen MR) is 71.1 cm³/mol. The summed E-state index contributed by atoms with van der Waals surface area (Å²) in [7, 11) is 1.75. The Morgan fingerprint density at radius 1 is 1.39 bits per heavy atom. The van der Waals surface area contributed by atoms with Crippen LogP contribution in [-0.4, -0.2) is 22.5 Å². The summed E-state index contributed by atoms with van der Waals surface area (Å²) in [4.78, 5) is 4.07. The molecule has 104 valence electrons. The molecule has 1 unspecified atom stereocenters. The van der Waals surface area contributed by atoms with Gasteiger partial charge in [0.2, 0.25) is 0 Å². The molecule has 0 bridgehead atoms. The molecule has 1 aromatic heterocycles. The molecule has 0 fully saturated rings. The standard InChI is InChI=1S/C11H17F3N2S2/c1-10(2,3)17-6-7(15-4)8-5-16-9(18-8)11(12,13)14/h5,7,15H,6H2,1-4H3. The minimum absolute atomic E-state index is 0.0899. The molecule has 0 aliphatic rings. The Kier molecular flexibility index (Phi) is 5.08. The van der Waals surface area contributed by atoms with E-state index in [0.717, 1.165) is 5.75 Å². The summed E-state index contributed by atoms with van der Waals surface area (Å²) < 4.78 is 37.5. The van der Waals surface area contributed by atoms with Gasteiger partial charge in [0.25, 0.3) is 0 Å². The van der Waals surface area contributed by atoms with E-state index in [1.165, 1.54) is 6.20 Å². The van der Waals surface area contributed by atoms with Gasteiger partial charge >= 0.3 is 6.18 Å². The summed E-state index contributed by atoms with van der Waals surface area (Å²) in [5, 5.41) is 2.26. The van der Waals surface area contributed by atoms with Crippen molar-refractivity contribution in [3.8, 4) is 0 Å². The van der Waals surface area contributed by atoms with Crippen LogP contribution >= 0.6 is 23.1 Å². The number of thioether (sulfide) groups is 1. The van der Waals surface area contributed by atoms with E-state index in [1.54, 1.807) is 18.8 Å². The van der Waals surface area contributed by atoms with Gasteiger partial charge < -0.3 is 5.32 Å². The first-order valence-corrected chi connectivity index (χ1v) is 7.28. The van der Waals surface area contributed by atoms with Crippen LogP contribution in [0.5, 0.6) is 0 Å². The van der Waals surface area contributed by atoms with Gasteiger partial charge in [-0.25, -0.2) is 4.98 Å². The fourth-order valence-electron chi connectivity index (χ4n) is 1.22. The molecule has 0 saturated carbocycles. The summed E-state index contributed by atoms with van der Waals surface area (Å²) in [5.41, 5.74) is 0. The van der Waals surface area contributed by atoms with Crippen LogP contribution in [0.1, 0.15) is 36.7 Å². The van der Waals surface area contributed by atoms with E-state index >= 15 is 0 Å². The summed E-state index contributed by atoms with van der Waals surface area (Å²) in [5.74, 6) is 0.722. The number of halogens is 3. The largest absolute Gasteiger partial charge is 0.443 e. The smallest absolute Gasteiger partial charge is 0.312 e. The van der Waals surface area contributed by atoms with Crippen molar-refractivity contribution in [1.82, 2.24) is 10.3 Å². The molecule has 1 rings (SSSR count). The van der Waals surface area contributed by atoms with Crippen molar-refractivity contribution < 1.29 is 13.2 Å². The zero-order valence-electron chi connectivity index (χ0n) is 10.8. The van der Waals surface area contributed by atoms with Crippen molar-refractivity contribution in [2.45, 2.75) is 37.7 Å². The highest BCUT2D eigenvalue weighted by atomic mass is 32.2. The van der Waals surface area contributed by atoms with E-state index in [4.69, 9.17) is 0 Å². The summed E-state index contributed by atoms with van der Waals surface area (Å²) in [6.45, 7) is 6.24. The van der Waals surface area contributed by atoms with Gasteiger partial charge in [-0.15, -0.1) is 11.3 Å². The number of aromatic nitrogens is 1. The maximum atomic E-state index is 12.5. The summed E-state index contributed by atoms with van der Waals surface area (Å²) in [6.07, 6.45) is -3.03.